The minimum absolute atomic E-state index is 0.0285. The van der Waals surface area contributed by atoms with Crippen molar-refractivity contribution in [2.24, 2.45) is 0 Å². The molecule has 98 valence electrons. The third-order valence-corrected chi connectivity index (χ3v) is 3.32. The summed E-state index contributed by atoms with van der Waals surface area (Å²) in [6.45, 7) is 0. The summed E-state index contributed by atoms with van der Waals surface area (Å²) < 4.78 is 0.846. The number of halogens is 1. The van der Waals surface area contributed by atoms with E-state index in [9.17, 15) is 10.1 Å². The second kappa shape index (κ2) is 5.71. The van der Waals surface area contributed by atoms with Crippen LogP contribution in [0.25, 0.3) is 0 Å². The molecule has 2 aromatic carbocycles. The molecule has 0 aliphatic carbocycles. The van der Waals surface area contributed by atoms with Crippen molar-refractivity contribution in [2.45, 2.75) is 0 Å². The number of benzene rings is 2. The van der Waals surface area contributed by atoms with Gasteiger partial charge >= 0.3 is 5.69 Å². The molecule has 0 radical (unpaired) electrons. The molecule has 0 fully saturated rings. The number of rotatable bonds is 4. The lowest BCUT2D eigenvalue weighted by molar-refractivity contribution is -0.383. The highest BCUT2D eigenvalue weighted by atomic mass is 79.9. The van der Waals surface area contributed by atoms with Gasteiger partial charge in [-0.2, -0.15) is 0 Å². The lowest BCUT2D eigenvalue weighted by Crippen LogP contribution is -2.01. The first-order valence-corrected chi connectivity index (χ1v) is 6.39. The van der Waals surface area contributed by atoms with Crippen molar-refractivity contribution in [3.8, 4) is 0 Å². The fraction of sp³-hybridized carbons (Fsp3) is 0.0769. The zero-order valence-corrected chi connectivity index (χ0v) is 11.8. The van der Waals surface area contributed by atoms with Gasteiger partial charge in [0.05, 0.1) is 10.6 Å². The standard InChI is InChI=1S/C13H12BrN3O2/c1-15-11-7-4-8-12(13(11)17(18)19)16-10-6-3-2-5-9(10)14/h2-8,15-16H,1H3. The van der Waals surface area contributed by atoms with Crippen LogP contribution in [0.2, 0.25) is 0 Å². The first-order chi connectivity index (χ1) is 9.13. The van der Waals surface area contributed by atoms with Gasteiger partial charge in [-0.25, -0.2) is 0 Å². The smallest absolute Gasteiger partial charge is 0.315 e. The maximum atomic E-state index is 11.2. The molecule has 2 N–H and O–H groups in total. The number of nitrogens with one attached hydrogen (secondary N) is 2. The Labute approximate surface area is 118 Å². The molecule has 0 spiro atoms. The minimum Gasteiger partial charge on any atom is -0.382 e. The van der Waals surface area contributed by atoms with E-state index in [0.29, 0.717) is 11.4 Å². The number of nitro benzene ring substituents is 1. The normalized spacial score (nSPS) is 10.0. The predicted octanol–water partition coefficient (Wildman–Crippen LogP) is 4.14. The molecule has 0 heterocycles. The SMILES string of the molecule is CNc1cccc(Nc2ccccc2Br)c1[N+](=O)[O-]. The minimum atomic E-state index is -0.398. The van der Waals surface area contributed by atoms with Gasteiger partial charge in [-0.1, -0.05) is 18.2 Å². The van der Waals surface area contributed by atoms with E-state index >= 15 is 0 Å². The Bertz CT molecular complexity index is 617. The summed E-state index contributed by atoms with van der Waals surface area (Å²) >= 11 is 3.40. The molecule has 0 saturated carbocycles. The summed E-state index contributed by atoms with van der Waals surface area (Å²) in [4.78, 5) is 10.8. The van der Waals surface area contributed by atoms with Gasteiger partial charge in [0, 0.05) is 11.5 Å². The van der Waals surface area contributed by atoms with Crippen molar-refractivity contribution in [1.82, 2.24) is 0 Å². The molecule has 6 heteroatoms. The Hall–Kier alpha value is -2.08. The molecule has 0 bridgehead atoms. The van der Waals surface area contributed by atoms with E-state index < -0.39 is 4.92 Å². The van der Waals surface area contributed by atoms with E-state index in [1.807, 2.05) is 24.3 Å². The zero-order valence-electron chi connectivity index (χ0n) is 10.2. The molecule has 19 heavy (non-hydrogen) atoms. The largest absolute Gasteiger partial charge is 0.382 e. The Kier molecular flexibility index (Phi) is 4.01. The quantitative estimate of drug-likeness (QED) is 0.656. The molecule has 0 aliphatic rings. The highest BCUT2D eigenvalue weighted by Gasteiger charge is 2.19. The van der Waals surface area contributed by atoms with Crippen LogP contribution >= 0.6 is 15.9 Å². The Balaban J connectivity index is 2.46. The number of anilines is 3. The molecule has 0 aromatic heterocycles. The fourth-order valence-electron chi connectivity index (χ4n) is 1.75. The van der Waals surface area contributed by atoms with Gasteiger partial charge in [0.25, 0.3) is 0 Å². The Morgan fingerprint density at radius 3 is 2.32 bits per heavy atom. The van der Waals surface area contributed by atoms with Gasteiger partial charge in [-0.05, 0) is 40.2 Å². The number of hydrogen-bond donors (Lipinski definition) is 2. The van der Waals surface area contributed by atoms with E-state index in [1.54, 1.807) is 25.2 Å². The summed E-state index contributed by atoms with van der Waals surface area (Å²) in [5, 5.41) is 17.1. The molecule has 5 nitrogen and oxygen atoms in total. The van der Waals surface area contributed by atoms with Crippen molar-refractivity contribution in [3.05, 3.63) is 57.1 Å². The van der Waals surface area contributed by atoms with Gasteiger partial charge in [-0.3, -0.25) is 10.1 Å². The van der Waals surface area contributed by atoms with Gasteiger partial charge in [0.2, 0.25) is 0 Å². The Morgan fingerprint density at radius 2 is 1.68 bits per heavy atom. The molecule has 0 saturated heterocycles. The zero-order chi connectivity index (χ0) is 13.8. The predicted molar refractivity (Wildman–Crippen MR) is 80.1 cm³/mol. The van der Waals surface area contributed by atoms with E-state index in [-0.39, 0.29) is 5.69 Å². The van der Waals surface area contributed by atoms with Crippen molar-refractivity contribution in [1.29, 1.82) is 0 Å². The topological polar surface area (TPSA) is 67.2 Å². The molecule has 0 amide bonds. The van der Waals surface area contributed by atoms with E-state index in [4.69, 9.17) is 0 Å². The van der Waals surface area contributed by atoms with Crippen molar-refractivity contribution in [2.75, 3.05) is 17.7 Å². The molecule has 2 aromatic rings. The summed E-state index contributed by atoms with van der Waals surface area (Å²) in [5.74, 6) is 0. The Morgan fingerprint density at radius 1 is 1.05 bits per heavy atom. The van der Waals surface area contributed by atoms with Crippen LogP contribution in [0.3, 0.4) is 0 Å². The summed E-state index contributed by atoms with van der Waals surface area (Å²) in [6.07, 6.45) is 0. The number of hydrogen-bond acceptors (Lipinski definition) is 4. The fourth-order valence-corrected chi connectivity index (χ4v) is 2.13. The van der Waals surface area contributed by atoms with E-state index in [1.165, 1.54) is 0 Å². The van der Waals surface area contributed by atoms with Crippen molar-refractivity contribution < 1.29 is 4.92 Å². The van der Waals surface area contributed by atoms with Crippen LogP contribution in [-0.4, -0.2) is 12.0 Å². The highest BCUT2D eigenvalue weighted by Crippen LogP contribution is 2.35. The van der Waals surface area contributed by atoms with E-state index in [2.05, 4.69) is 26.6 Å². The summed E-state index contributed by atoms with van der Waals surface area (Å²) in [7, 11) is 1.66. The molecule has 0 atom stereocenters. The highest BCUT2D eigenvalue weighted by molar-refractivity contribution is 9.10. The van der Waals surface area contributed by atoms with Crippen LogP contribution in [0.4, 0.5) is 22.7 Å². The molecule has 2 rings (SSSR count). The molecule has 0 aliphatic heterocycles. The van der Waals surface area contributed by atoms with Crippen molar-refractivity contribution >= 4 is 38.7 Å². The lowest BCUT2D eigenvalue weighted by atomic mass is 10.2. The average Bonchev–Trinajstić information content (AvgIpc) is 2.40. The number of nitrogens with zero attached hydrogens (tertiary/aromatic N) is 1. The summed E-state index contributed by atoms with van der Waals surface area (Å²) in [6, 6.07) is 12.6. The van der Waals surface area contributed by atoms with Crippen molar-refractivity contribution in [3.63, 3.8) is 0 Å². The van der Waals surface area contributed by atoms with Crippen LogP contribution in [0.15, 0.2) is 46.9 Å². The maximum absolute atomic E-state index is 11.2. The van der Waals surface area contributed by atoms with Gasteiger partial charge in [0.1, 0.15) is 11.4 Å². The van der Waals surface area contributed by atoms with Gasteiger partial charge < -0.3 is 10.6 Å². The second-order valence-electron chi connectivity index (χ2n) is 3.81. The van der Waals surface area contributed by atoms with Crippen LogP contribution in [0.1, 0.15) is 0 Å². The maximum Gasteiger partial charge on any atom is 0.315 e. The molecular formula is C13H12BrN3O2. The average molecular weight is 322 g/mol. The number of para-hydroxylation sites is 2. The monoisotopic (exact) mass is 321 g/mol. The molecule has 0 unspecified atom stereocenters. The van der Waals surface area contributed by atoms with Crippen LogP contribution < -0.4 is 10.6 Å². The molecular weight excluding hydrogens is 310 g/mol. The van der Waals surface area contributed by atoms with Gasteiger partial charge in [-0.15, -0.1) is 0 Å². The van der Waals surface area contributed by atoms with Crippen LogP contribution in [-0.2, 0) is 0 Å². The summed E-state index contributed by atoms with van der Waals surface area (Å²) in [5.41, 5.74) is 1.73. The third kappa shape index (κ3) is 2.85. The third-order valence-electron chi connectivity index (χ3n) is 2.63. The van der Waals surface area contributed by atoms with E-state index in [0.717, 1.165) is 10.2 Å². The van der Waals surface area contributed by atoms with Crippen LogP contribution in [0.5, 0.6) is 0 Å². The lowest BCUT2D eigenvalue weighted by Gasteiger charge is -2.11. The first kappa shape index (κ1) is 13.4. The number of nitro groups is 1. The van der Waals surface area contributed by atoms with Gasteiger partial charge in [0.15, 0.2) is 0 Å². The second-order valence-corrected chi connectivity index (χ2v) is 4.67. The van der Waals surface area contributed by atoms with Crippen LogP contribution in [0, 0.1) is 10.1 Å². The first-order valence-electron chi connectivity index (χ1n) is 5.60.